The number of ether oxygens (including phenoxy) is 1. The van der Waals surface area contributed by atoms with Gasteiger partial charge in [0.2, 0.25) is 5.91 Å². The molecule has 2 aromatic rings. The molecular weight excluding hydrogens is 441 g/mol. The third-order valence-electron chi connectivity index (χ3n) is 7.78. The summed E-state index contributed by atoms with van der Waals surface area (Å²) in [5.74, 6) is 0.0399. The number of nitrogens with zero attached hydrogens (tertiary/aromatic N) is 1. The smallest absolute Gasteiger partial charge is 0.381 e. The maximum atomic E-state index is 14.1. The number of carbonyl (C=O) groups excluding carboxylic acids is 1. The molecule has 0 aromatic heterocycles. The summed E-state index contributed by atoms with van der Waals surface area (Å²) in [6.45, 7) is 2.29. The summed E-state index contributed by atoms with van der Waals surface area (Å²) in [4.78, 5) is 15.9. The van der Waals surface area contributed by atoms with Crippen molar-refractivity contribution in [1.82, 2.24) is 10.2 Å². The third kappa shape index (κ3) is 4.60. The minimum atomic E-state index is -4.39. The van der Waals surface area contributed by atoms with Gasteiger partial charge in [0.25, 0.3) is 0 Å². The van der Waals surface area contributed by atoms with Gasteiger partial charge in [0, 0.05) is 38.4 Å². The van der Waals surface area contributed by atoms with Gasteiger partial charge in [-0.3, -0.25) is 4.79 Å². The molecule has 0 bridgehead atoms. The van der Waals surface area contributed by atoms with E-state index in [0.717, 1.165) is 56.1 Å². The average Bonchev–Trinajstić information content (AvgIpc) is 3.28. The minimum absolute atomic E-state index is 0.0399. The molecule has 1 saturated heterocycles. The monoisotopic (exact) mass is 472 g/mol. The zero-order chi connectivity index (χ0) is 23.8. The first-order chi connectivity index (χ1) is 16.3. The van der Waals surface area contributed by atoms with E-state index < -0.39 is 17.2 Å². The van der Waals surface area contributed by atoms with Crippen LogP contribution in [0.15, 0.2) is 48.5 Å². The standard InChI is InChI=1S/C27H31F3N2O2/c28-27(29,30)22-7-6-19-9-13-32(18-20(19)16-22)25(33)26(21-4-2-1-3-5-21)12-8-24(17-26)31-23-10-14-34-15-11-23/h1-7,16,23-24,31H,8-15,17-18H2/t24?,26-/m0/s1. The summed E-state index contributed by atoms with van der Waals surface area (Å²) >= 11 is 0. The lowest BCUT2D eigenvalue weighted by Gasteiger charge is -2.38. The lowest BCUT2D eigenvalue weighted by atomic mass is 9.76. The summed E-state index contributed by atoms with van der Waals surface area (Å²) in [7, 11) is 0. The molecule has 0 radical (unpaired) electrons. The number of rotatable bonds is 4. The highest BCUT2D eigenvalue weighted by Gasteiger charge is 2.49. The number of nitrogens with one attached hydrogen (secondary N) is 1. The van der Waals surface area contributed by atoms with E-state index in [-0.39, 0.29) is 18.5 Å². The zero-order valence-electron chi connectivity index (χ0n) is 19.2. The van der Waals surface area contributed by atoms with Crippen LogP contribution in [0.3, 0.4) is 0 Å². The van der Waals surface area contributed by atoms with E-state index in [2.05, 4.69) is 5.32 Å². The Kier molecular flexibility index (Phi) is 6.42. The van der Waals surface area contributed by atoms with Crippen molar-refractivity contribution < 1.29 is 22.7 Å². The molecule has 4 nitrogen and oxygen atoms in total. The molecule has 2 atom stereocenters. The van der Waals surface area contributed by atoms with Gasteiger partial charge in [-0.2, -0.15) is 13.2 Å². The fourth-order valence-corrected chi connectivity index (χ4v) is 5.93. The molecule has 2 heterocycles. The van der Waals surface area contributed by atoms with Gasteiger partial charge >= 0.3 is 6.18 Å². The Morgan fingerprint density at radius 2 is 1.76 bits per heavy atom. The molecule has 2 aliphatic heterocycles. The molecule has 3 aliphatic rings. The fraction of sp³-hybridized carbons (Fsp3) is 0.519. The van der Waals surface area contributed by atoms with E-state index in [0.29, 0.717) is 31.0 Å². The van der Waals surface area contributed by atoms with Crippen LogP contribution in [0.1, 0.15) is 54.4 Å². The van der Waals surface area contributed by atoms with Crippen molar-refractivity contribution in [2.75, 3.05) is 19.8 Å². The molecule has 2 fully saturated rings. The Morgan fingerprint density at radius 3 is 2.50 bits per heavy atom. The second kappa shape index (κ2) is 9.34. The van der Waals surface area contributed by atoms with Crippen LogP contribution < -0.4 is 5.32 Å². The van der Waals surface area contributed by atoms with E-state index in [1.54, 1.807) is 11.0 Å². The van der Waals surface area contributed by atoms with Crippen LogP contribution in [-0.2, 0) is 34.1 Å². The lowest BCUT2D eigenvalue weighted by molar-refractivity contribution is -0.138. The molecule has 34 heavy (non-hydrogen) atoms. The highest BCUT2D eigenvalue weighted by molar-refractivity contribution is 5.89. The molecule has 1 N–H and O–H groups in total. The van der Waals surface area contributed by atoms with Crippen LogP contribution in [-0.4, -0.2) is 42.6 Å². The van der Waals surface area contributed by atoms with Crippen molar-refractivity contribution in [2.45, 2.75) is 68.7 Å². The van der Waals surface area contributed by atoms with Gasteiger partial charge in [-0.25, -0.2) is 0 Å². The number of amides is 1. The minimum Gasteiger partial charge on any atom is -0.381 e. The topological polar surface area (TPSA) is 41.6 Å². The second-order valence-corrected chi connectivity index (χ2v) is 9.90. The Labute approximate surface area is 198 Å². The van der Waals surface area contributed by atoms with Crippen molar-refractivity contribution in [3.05, 3.63) is 70.8 Å². The van der Waals surface area contributed by atoms with Gasteiger partial charge in [-0.05, 0) is 67.3 Å². The Hall–Kier alpha value is -2.38. The highest BCUT2D eigenvalue weighted by atomic mass is 19.4. The van der Waals surface area contributed by atoms with Crippen LogP contribution in [0.2, 0.25) is 0 Å². The molecular formula is C27H31F3N2O2. The summed E-state index contributed by atoms with van der Waals surface area (Å²) in [6.07, 6.45) is 0.498. The lowest BCUT2D eigenvalue weighted by Crippen LogP contribution is -2.49. The van der Waals surface area contributed by atoms with Crippen LogP contribution >= 0.6 is 0 Å². The molecule has 7 heteroatoms. The van der Waals surface area contributed by atoms with Gasteiger partial charge in [0.1, 0.15) is 0 Å². The summed E-state index contributed by atoms with van der Waals surface area (Å²) < 4.78 is 45.3. The highest BCUT2D eigenvalue weighted by Crippen LogP contribution is 2.44. The first kappa shape index (κ1) is 23.4. The quantitative estimate of drug-likeness (QED) is 0.692. The Morgan fingerprint density at radius 1 is 1.00 bits per heavy atom. The average molecular weight is 473 g/mol. The van der Waals surface area contributed by atoms with Crippen LogP contribution in [0.5, 0.6) is 0 Å². The predicted molar refractivity (Wildman–Crippen MR) is 123 cm³/mol. The van der Waals surface area contributed by atoms with Gasteiger partial charge in [0.15, 0.2) is 0 Å². The summed E-state index contributed by atoms with van der Waals surface area (Å²) in [6, 6.07) is 14.5. The Balaban J connectivity index is 1.39. The number of benzene rings is 2. The molecule has 0 spiro atoms. The molecule has 1 unspecified atom stereocenters. The molecule has 1 saturated carbocycles. The number of fused-ring (bicyclic) bond motifs is 1. The number of hydrogen-bond donors (Lipinski definition) is 1. The Bertz CT molecular complexity index is 1020. The number of carbonyl (C=O) groups is 1. The SMILES string of the molecule is O=C(N1CCc2ccc(C(F)(F)F)cc2C1)[C@@]1(c2ccccc2)CCC(NC2CCOCC2)C1. The van der Waals surface area contributed by atoms with E-state index in [9.17, 15) is 18.0 Å². The summed E-state index contributed by atoms with van der Waals surface area (Å²) in [5, 5.41) is 3.76. The normalized spacial score (nSPS) is 25.9. The van der Waals surface area contributed by atoms with Crippen molar-refractivity contribution >= 4 is 5.91 Å². The van der Waals surface area contributed by atoms with Gasteiger partial charge in [-0.15, -0.1) is 0 Å². The zero-order valence-corrected chi connectivity index (χ0v) is 19.2. The number of halogens is 3. The molecule has 2 aromatic carbocycles. The van der Waals surface area contributed by atoms with E-state index in [1.807, 2.05) is 30.3 Å². The van der Waals surface area contributed by atoms with Gasteiger partial charge < -0.3 is 15.0 Å². The first-order valence-electron chi connectivity index (χ1n) is 12.2. The number of alkyl halides is 3. The van der Waals surface area contributed by atoms with Crippen molar-refractivity contribution in [3.63, 3.8) is 0 Å². The van der Waals surface area contributed by atoms with Crippen LogP contribution in [0, 0.1) is 0 Å². The predicted octanol–water partition coefficient (Wildman–Crippen LogP) is 4.85. The second-order valence-electron chi connectivity index (χ2n) is 9.90. The van der Waals surface area contributed by atoms with E-state index in [1.165, 1.54) is 6.07 Å². The fourth-order valence-electron chi connectivity index (χ4n) is 5.93. The molecule has 1 amide bonds. The maximum Gasteiger partial charge on any atom is 0.416 e. The van der Waals surface area contributed by atoms with Crippen molar-refractivity contribution in [3.8, 4) is 0 Å². The number of hydrogen-bond acceptors (Lipinski definition) is 3. The van der Waals surface area contributed by atoms with E-state index in [4.69, 9.17) is 4.74 Å². The van der Waals surface area contributed by atoms with Gasteiger partial charge in [0.05, 0.1) is 11.0 Å². The molecule has 5 rings (SSSR count). The van der Waals surface area contributed by atoms with Crippen LogP contribution in [0.25, 0.3) is 0 Å². The summed E-state index contributed by atoms with van der Waals surface area (Å²) in [5.41, 5.74) is 1.21. The maximum absolute atomic E-state index is 14.1. The van der Waals surface area contributed by atoms with E-state index >= 15 is 0 Å². The van der Waals surface area contributed by atoms with Gasteiger partial charge in [-0.1, -0.05) is 36.4 Å². The van der Waals surface area contributed by atoms with Crippen molar-refractivity contribution in [1.29, 1.82) is 0 Å². The first-order valence-corrected chi connectivity index (χ1v) is 12.2. The largest absolute Gasteiger partial charge is 0.416 e. The third-order valence-corrected chi connectivity index (χ3v) is 7.78. The molecule has 182 valence electrons. The van der Waals surface area contributed by atoms with Crippen LogP contribution in [0.4, 0.5) is 13.2 Å². The molecule has 1 aliphatic carbocycles. The van der Waals surface area contributed by atoms with Crippen molar-refractivity contribution in [2.24, 2.45) is 0 Å².